The van der Waals surface area contributed by atoms with Crippen LogP contribution < -0.4 is 5.73 Å². The fourth-order valence-electron chi connectivity index (χ4n) is 2.38. The molecule has 0 atom stereocenters. The van der Waals surface area contributed by atoms with Gasteiger partial charge in [0.25, 0.3) is 0 Å². The highest BCUT2D eigenvalue weighted by Crippen LogP contribution is 2.55. The average Bonchev–Trinajstić information content (AvgIpc) is 1.77. The largest absolute Gasteiger partial charge is 0.328 e. The van der Waals surface area contributed by atoms with E-state index in [1.165, 1.54) is 19.3 Å². The van der Waals surface area contributed by atoms with Gasteiger partial charge in [-0.3, -0.25) is 0 Å². The second-order valence-corrected chi connectivity index (χ2v) is 5.05. The zero-order chi connectivity index (χ0) is 8.70. The smallest absolute Gasteiger partial charge is 0.00498 e. The molecule has 11 heavy (non-hydrogen) atoms. The van der Waals surface area contributed by atoms with Crippen molar-refractivity contribution < 1.29 is 0 Å². The van der Waals surface area contributed by atoms with E-state index in [0.29, 0.717) is 16.9 Å². The first kappa shape index (κ1) is 9.05. The van der Waals surface area contributed by atoms with Gasteiger partial charge in [0.05, 0.1) is 0 Å². The molecule has 0 aromatic carbocycles. The molecule has 1 aliphatic rings. The van der Waals surface area contributed by atoms with Crippen molar-refractivity contribution in [3.8, 4) is 0 Å². The Morgan fingerprint density at radius 1 is 1.36 bits per heavy atom. The van der Waals surface area contributed by atoms with Crippen LogP contribution in [0.5, 0.6) is 0 Å². The second-order valence-electron chi connectivity index (χ2n) is 5.05. The van der Waals surface area contributed by atoms with Gasteiger partial charge in [-0.2, -0.15) is 0 Å². The molecule has 2 N–H and O–H groups in total. The lowest BCUT2D eigenvalue weighted by Gasteiger charge is -2.54. The Morgan fingerprint density at radius 2 is 1.82 bits per heavy atom. The maximum atomic E-state index is 5.83. The molecule has 0 saturated heterocycles. The number of hydrogen-bond donors (Lipinski definition) is 1. The van der Waals surface area contributed by atoms with Gasteiger partial charge in [0.15, 0.2) is 0 Å². The molecule has 1 saturated carbocycles. The van der Waals surface area contributed by atoms with Crippen LogP contribution >= 0.6 is 0 Å². The maximum absolute atomic E-state index is 5.83. The van der Waals surface area contributed by atoms with E-state index in [0.717, 1.165) is 0 Å². The fourth-order valence-corrected chi connectivity index (χ4v) is 2.38. The van der Waals surface area contributed by atoms with Crippen molar-refractivity contribution in [3.05, 3.63) is 0 Å². The Balaban J connectivity index is 2.65. The topological polar surface area (TPSA) is 26.0 Å². The molecule has 0 unspecified atom stereocenters. The van der Waals surface area contributed by atoms with E-state index in [-0.39, 0.29) is 0 Å². The Hall–Kier alpha value is -0.0400. The Labute approximate surface area is 70.4 Å². The molecule has 1 rings (SSSR count). The lowest BCUT2D eigenvalue weighted by atomic mass is 9.52. The SMILES string of the molecule is CCC1(C(C)(C)C)CC(N)C1. The molecule has 1 aliphatic carbocycles. The van der Waals surface area contributed by atoms with E-state index < -0.39 is 0 Å². The zero-order valence-electron chi connectivity index (χ0n) is 8.28. The quantitative estimate of drug-likeness (QED) is 0.618. The van der Waals surface area contributed by atoms with Crippen LogP contribution in [0.4, 0.5) is 0 Å². The first-order valence-electron chi connectivity index (χ1n) is 4.67. The molecule has 0 radical (unpaired) electrons. The van der Waals surface area contributed by atoms with Crippen molar-refractivity contribution in [2.45, 2.75) is 53.0 Å². The number of rotatable bonds is 1. The number of nitrogens with two attached hydrogens (primary N) is 1. The lowest BCUT2D eigenvalue weighted by molar-refractivity contribution is -0.0230. The van der Waals surface area contributed by atoms with Gasteiger partial charge >= 0.3 is 0 Å². The van der Waals surface area contributed by atoms with Crippen LogP contribution in [0.25, 0.3) is 0 Å². The molecule has 0 aromatic heterocycles. The minimum absolute atomic E-state index is 0.442. The molecule has 1 nitrogen and oxygen atoms in total. The Kier molecular flexibility index (Phi) is 2.04. The molecular formula is C10H21N. The van der Waals surface area contributed by atoms with Crippen LogP contribution in [0.2, 0.25) is 0 Å². The Bertz CT molecular complexity index is 137. The summed E-state index contributed by atoms with van der Waals surface area (Å²) in [4.78, 5) is 0. The van der Waals surface area contributed by atoms with E-state index in [1.54, 1.807) is 0 Å². The van der Waals surface area contributed by atoms with Gasteiger partial charge < -0.3 is 5.73 Å². The normalized spacial score (nSPS) is 38.5. The predicted molar refractivity (Wildman–Crippen MR) is 49.4 cm³/mol. The highest BCUT2D eigenvalue weighted by molar-refractivity contribution is 5.01. The molecule has 0 aliphatic heterocycles. The Morgan fingerprint density at radius 3 is 1.91 bits per heavy atom. The minimum atomic E-state index is 0.442. The molecule has 0 bridgehead atoms. The van der Waals surface area contributed by atoms with Crippen molar-refractivity contribution in [1.82, 2.24) is 0 Å². The van der Waals surface area contributed by atoms with Gasteiger partial charge in [-0.1, -0.05) is 27.7 Å². The van der Waals surface area contributed by atoms with Gasteiger partial charge in [0.1, 0.15) is 0 Å². The maximum Gasteiger partial charge on any atom is 0.00498 e. The monoisotopic (exact) mass is 155 g/mol. The molecule has 0 heterocycles. The molecule has 0 spiro atoms. The van der Waals surface area contributed by atoms with Crippen LogP contribution in [0.15, 0.2) is 0 Å². The molecule has 1 heteroatoms. The van der Waals surface area contributed by atoms with E-state index in [2.05, 4.69) is 27.7 Å². The molecule has 66 valence electrons. The summed E-state index contributed by atoms with van der Waals surface area (Å²) >= 11 is 0. The van der Waals surface area contributed by atoms with Gasteiger partial charge in [-0.25, -0.2) is 0 Å². The van der Waals surface area contributed by atoms with Gasteiger partial charge in [0, 0.05) is 6.04 Å². The summed E-state index contributed by atoms with van der Waals surface area (Å²) in [5, 5.41) is 0. The van der Waals surface area contributed by atoms with Crippen molar-refractivity contribution in [2.75, 3.05) is 0 Å². The first-order valence-corrected chi connectivity index (χ1v) is 4.67. The molecule has 0 amide bonds. The summed E-state index contributed by atoms with van der Waals surface area (Å²) in [6.07, 6.45) is 3.74. The predicted octanol–water partition coefficient (Wildman–Crippen LogP) is 2.55. The second kappa shape index (κ2) is 2.48. The zero-order valence-corrected chi connectivity index (χ0v) is 8.28. The summed E-state index contributed by atoms with van der Waals surface area (Å²) in [6, 6.07) is 0.481. The van der Waals surface area contributed by atoms with Crippen LogP contribution in [0.3, 0.4) is 0 Å². The number of hydrogen-bond acceptors (Lipinski definition) is 1. The van der Waals surface area contributed by atoms with Crippen LogP contribution in [0.1, 0.15) is 47.0 Å². The van der Waals surface area contributed by atoms with Crippen molar-refractivity contribution in [3.63, 3.8) is 0 Å². The third-order valence-corrected chi connectivity index (χ3v) is 3.57. The first-order chi connectivity index (χ1) is 4.91. The van der Waals surface area contributed by atoms with Crippen molar-refractivity contribution in [2.24, 2.45) is 16.6 Å². The van der Waals surface area contributed by atoms with Crippen molar-refractivity contribution >= 4 is 0 Å². The summed E-state index contributed by atoms with van der Waals surface area (Å²) in [7, 11) is 0. The minimum Gasteiger partial charge on any atom is -0.328 e. The van der Waals surface area contributed by atoms with E-state index in [4.69, 9.17) is 5.73 Å². The summed E-state index contributed by atoms with van der Waals surface area (Å²) < 4.78 is 0. The van der Waals surface area contributed by atoms with Gasteiger partial charge in [0.2, 0.25) is 0 Å². The van der Waals surface area contributed by atoms with Crippen LogP contribution in [-0.2, 0) is 0 Å². The van der Waals surface area contributed by atoms with Crippen molar-refractivity contribution in [1.29, 1.82) is 0 Å². The summed E-state index contributed by atoms with van der Waals surface area (Å²) in [5.41, 5.74) is 6.82. The molecular weight excluding hydrogens is 134 g/mol. The fraction of sp³-hybridized carbons (Fsp3) is 1.00. The third-order valence-electron chi connectivity index (χ3n) is 3.57. The average molecular weight is 155 g/mol. The van der Waals surface area contributed by atoms with Gasteiger partial charge in [-0.15, -0.1) is 0 Å². The van der Waals surface area contributed by atoms with E-state index in [9.17, 15) is 0 Å². The lowest BCUT2D eigenvalue weighted by Crippen LogP contribution is -2.52. The van der Waals surface area contributed by atoms with Crippen LogP contribution in [0, 0.1) is 10.8 Å². The van der Waals surface area contributed by atoms with E-state index in [1.807, 2.05) is 0 Å². The standard InChI is InChI=1S/C10H21N/c1-5-10(9(2,3)4)6-8(11)7-10/h8H,5-7,11H2,1-4H3. The highest BCUT2D eigenvalue weighted by Gasteiger charge is 2.48. The summed E-state index contributed by atoms with van der Waals surface area (Å²) in [6.45, 7) is 9.30. The summed E-state index contributed by atoms with van der Waals surface area (Å²) in [5.74, 6) is 0. The third kappa shape index (κ3) is 1.31. The molecule has 0 aromatic rings. The van der Waals surface area contributed by atoms with Gasteiger partial charge in [-0.05, 0) is 30.1 Å². The van der Waals surface area contributed by atoms with Crippen LogP contribution in [-0.4, -0.2) is 6.04 Å². The molecule has 1 fully saturated rings. The highest BCUT2D eigenvalue weighted by atomic mass is 14.7. The van der Waals surface area contributed by atoms with E-state index >= 15 is 0 Å².